The maximum absolute atomic E-state index is 5.54. The van der Waals surface area contributed by atoms with Gasteiger partial charge in [0.25, 0.3) is 0 Å². The van der Waals surface area contributed by atoms with Gasteiger partial charge in [0, 0.05) is 20.2 Å². The second-order valence-electron chi connectivity index (χ2n) is 2.85. The molecule has 0 atom stereocenters. The van der Waals surface area contributed by atoms with E-state index < -0.39 is 0 Å². The van der Waals surface area contributed by atoms with Gasteiger partial charge in [-0.05, 0) is 6.92 Å². The molecule has 1 rings (SSSR count). The van der Waals surface area contributed by atoms with Crippen LogP contribution in [0.4, 0.5) is 11.6 Å². The van der Waals surface area contributed by atoms with Gasteiger partial charge in [-0.15, -0.1) is 0 Å². The maximum atomic E-state index is 5.54. The number of aromatic nitrogens is 2. The minimum Gasteiger partial charge on any atom is -0.298 e. The fraction of sp³-hybridized carbons (Fsp3) is 0.429. The van der Waals surface area contributed by atoms with Crippen LogP contribution in [0, 0.1) is 6.92 Å². The van der Waals surface area contributed by atoms with Gasteiger partial charge < -0.3 is 0 Å². The third-order valence-electron chi connectivity index (χ3n) is 1.53. The lowest BCUT2D eigenvalue weighted by Gasteiger charge is -2.15. The second-order valence-corrected chi connectivity index (χ2v) is 2.85. The molecule has 0 saturated heterocycles. The number of rotatable bonds is 2. The van der Waals surface area contributed by atoms with Crippen LogP contribution in [0.5, 0.6) is 0 Å². The summed E-state index contributed by atoms with van der Waals surface area (Å²) in [6, 6.07) is 1.72. The number of nitrogens with zero attached hydrogens (tertiary/aromatic N) is 4. The van der Waals surface area contributed by atoms with E-state index in [2.05, 4.69) is 9.97 Å². The second kappa shape index (κ2) is 3.55. The van der Waals surface area contributed by atoms with E-state index in [0.29, 0.717) is 17.5 Å². The molecule has 1 aromatic rings. The standard InChI is InChI=1S/C7H14N6/c1-5-10-6(12(2)8)4-7(11-5)13(3)9/h4H,8-9H2,1-3H3. The summed E-state index contributed by atoms with van der Waals surface area (Å²) in [7, 11) is 3.42. The fourth-order valence-electron chi connectivity index (χ4n) is 0.898. The molecular weight excluding hydrogens is 168 g/mol. The Morgan fingerprint density at radius 3 is 1.77 bits per heavy atom. The zero-order valence-corrected chi connectivity index (χ0v) is 8.02. The number of hydrogen-bond donors (Lipinski definition) is 2. The summed E-state index contributed by atoms with van der Waals surface area (Å²) in [5.41, 5.74) is 0. The van der Waals surface area contributed by atoms with E-state index >= 15 is 0 Å². The van der Waals surface area contributed by atoms with Crippen molar-refractivity contribution in [2.24, 2.45) is 11.7 Å². The molecule has 0 saturated carbocycles. The Labute approximate surface area is 77.1 Å². The minimum atomic E-state index is 0.639. The van der Waals surface area contributed by atoms with Crippen molar-refractivity contribution in [3.8, 4) is 0 Å². The Bertz CT molecular complexity index is 269. The highest BCUT2D eigenvalue weighted by molar-refractivity contribution is 5.48. The lowest BCUT2D eigenvalue weighted by Crippen LogP contribution is -2.29. The normalized spacial score (nSPS) is 9.92. The number of anilines is 2. The molecule has 6 heteroatoms. The third kappa shape index (κ3) is 2.27. The summed E-state index contributed by atoms with van der Waals surface area (Å²) >= 11 is 0. The Morgan fingerprint density at radius 2 is 1.46 bits per heavy atom. The first-order valence-electron chi connectivity index (χ1n) is 3.83. The lowest BCUT2D eigenvalue weighted by atomic mass is 10.5. The molecule has 0 spiro atoms. The molecule has 0 aliphatic carbocycles. The van der Waals surface area contributed by atoms with Crippen LogP contribution in [0.3, 0.4) is 0 Å². The highest BCUT2D eigenvalue weighted by Gasteiger charge is 2.04. The number of nitrogens with two attached hydrogens (primary N) is 2. The Kier molecular flexibility index (Phi) is 2.64. The largest absolute Gasteiger partial charge is 0.298 e. The number of hydrogen-bond acceptors (Lipinski definition) is 6. The lowest BCUT2D eigenvalue weighted by molar-refractivity contribution is 0.902. The van der Waals surface area contributed by atoms with Crippen LogP contribution in [0.25, 0.3) is 0 Å². The zero-order chi connectivity index (χ0) is 10.0. The Hall–Kier alpha value is -1.40. The van der Waals surface area contributed by atoms with Crippen LogP contribution >= 0.6 is 0 Å². The molecule has 0 fully saturated rings. The Balaban J connectivity index is 3.11. The van der Waals surface area contributed by atoms with Crippen molar-refractivity contribution in [1.29, 1.82) is 0 Å². The predicted octanol–water partition coefficient (Wildman–Crippen LogP) is -0.595. The molecule has 0 aliphatic heterocycles. The topological polar surface area (TPSA) is 84.3 Å². The van der Waals surface area contributed by atoms with Crippen molar-refractivity contribution in [2.75, 3.05) is 24.1 Å². The molecule has 0 radical (unpaired) electrons. The summed E-state index contributed by atoms with van der Waals surface area (Å²) in [5.74, 6) is 13.0. The zero-order valence-electron chi connectivity index (χ0n) is 8.02. The molecule has 0 bridgehead atoms. The molecule has 0 aliphatic rings. The first-order valence-corrected chi connectivity index (χ1v) is 3.83. The molecule has 1 aromatic heterocycles. The molecule has 0 unspecified atom stereocenters. The fourth-order valence-corrected chi connectivity index (χ4v) is 0.898. The van der Waals surface area contributed by atoms with E-state index in [4.69, 9.17) is 11.7 Å². The molecule has 72 valence electrons. The van der Waals surface area contributed by atoms with Crippen molar-refractivity contribution in [3.63, 3.8) is 0 Å². The van der Waals surface area contributed by atoms with E-state index in [1.165, 1.54) is 10.0 Å². The number of aryl methyl sites for hydroxylation is 1. The molecule has 6 nitrogen and oxygen atoms in total. The highest BCUT2D eigenvalue weighted by atomic mass is 15.4. The average molecular weight is 182 g/mol. The summed E-state index contributed by atoms with van der Waals surface area (Å²) in [6.45, 7) is 1.79. The van der Waals surface area contributed by atoms with Crippen LogP contribution in [0.2, 0.25) is 0 Å². The molecule has 13 heavy (non-hydrogen) atoms. The molecule has 0 aromatic carbocycles. The monoisotopic (exact) mass is 182 g/mol. The first-order chi connectivity index (χ1) is 6.00. The highest BCUT2D eigenvalue weighted by Crippen LogP contribution is 2.13. The van der Waals surface area contributed by atoms with Gasteiger partial charge in [0.05, 0.1) is 0 Å². The van der Waals surface area contributed by atoms with Gasteiger partial charge in [-0.2, -0.15) is 0 Å². The predicted molar refractivity (Wildman–Crippen MR) is 51.9 cm³/mol. The van der Waals surface area contributed by atoms with Gasteiger partial charge >= 0.3 is 0 Å². The van der Waals surface area contributed by atoms with Gasteiger partial charge in [-0.1, -0.05) is 0 Å². The van der Waals surface area contributed by atoms with E-state index in [0.717, 1.165) is 0 Å². The van der Waals surface area contributed by atoms with Crippen molar-refractivity contribution < 1.29 is 0 Å². The van der Waals surface area contributed by atoms with Gasteiger partial charge in [-0.25, -0.2) is 21.7 Å². The summed E-state index contributed by atoms with van der Waals surface area (Å²) in [4.78, 5) is 8.25. The molecular formula is C7H14N6. The quantitative estimate of drug-likeness (QED) is 0.469. The van der Waals surface area contributed by atoms with Crippen LogP contribution < -0.4 is 21.7 Å². The number of hydrazine groups is 2. The molecule has 4 N–H and O–H groups in total. The molecule has 1 heterocycles. The van der Waals surface area contributed by atoms with E-state index in [9.17, 15) is 0 Å². The summed E-state index contributed by atoms with van der Waals surface area (Å²) < 4.78 is 0. The van der Waals surface area contributed by atoms with Crippen LogP contribution in [0.15, 0.2) is 6.07 Å². The summed E-state index contributed by atoms with van der Waals surface area (Å²) in [6.07, 6.45) is 0. The van der Waals surface area contributed by atoms with Gasteiger partial charge in [0.1, 0.15) is 17.5 Å². The van der Waals surface area contributed by atoms with Crippen molar-refractivity contribution in [1.82, 2.24) is 9.97 Å². The van der Waals surface area contributed by atoms with Crippen molar-refractivity contribution in [3.05, 3.63) is 11.9 Å². The smallest absolute Gasteiger partial charge is 0.148 e. The van der Waals surface area contributed by atoms with Crippen LogP contribution in [0.1, 0.15) is 5.82 Å². The van der Waals surface area contributed by atoms with Gasteiger partial charge in [0.15, 0.2) is 0 Å². The summed E-state index contributed by atoms with van der Waals surface area (Å²) in [5, 5.41) is 2.84. The van der Waals surface area contributed by atoms with Gasteiger partial charge in [0.2, 0.25) is 0 Å². The first kappa shape index (κ1) is 9.69. The SMILES string of the molecule is Cc1nc(N(C)N)cc(N(C)N)n1. The van der Waals surface area contributed by atoms with Gasteiger partial charge in [-0.3, -0.25) is 10.0 Å². The van der Waals surface area contributed by atoms with Crippen molar-refractivity contribution >= 4 is 11.6 Å². The van der Waals surface area contributed by atoms with Crippen LogP contribution in [-0.2, 0) is 0 Å². The molecule has 0 amide bonds. The van der Waals surface area contributed by atoms with Crippen LogP contribution in [-0.4, -0.2) is 24.1 Å². The van der Waals surface area contributed by atoms with E-state index in [1.807, 2.05) is 0 Å². The third-order valence-corrected chi connectivity index (χ3v) is 1.53. The minimum absolute atomic E-state index is 0.639. The average Bonchev–Trinajstić information content (AvgIpc) is 2.03. The van der Waals surface area contributed by atoms with E-state index in [1.54, 1.807) is 27.1 Å². The Morgan fingerprint density at radius 1 is 1.08 bits per heavy atom. The maximum Gasteiger partial charge on any atom is 0.148 e. The van der Waals surface area contributed by atoms with E-state index in [-0.39, 0.29) is 0 Å². The van der Waals surface area contributed by atoms with Crippen molar-refractivity contribution in [2.45, 2.75) is 6.92 Å².